The van der Waals surface area contributed by atoms with E-state index in [0.29, 0.717) is 0 Å². The number of aliphatic hydroxyl groups excluding tert-OH is 42. The van der Waals surface area contributed by atoms with Crippen molar-refractivity contribution in [3.63, 3.8) is 0 Å². The van der Waals surface area contributed by atoms with Crippen molar-refractivity contribution in [2.24, 2.45) is 0 Å². The summed E-state index contributed by atoms with van der Waals surface area (Å²) in [5.74, 6) is -7.25. The highest BCUT2D eigenvalue weighted by Crippen LogP contribution is 2.42. The first-order valence-corrected chi connectivity index (χ1v) is 42.2. The molecule has 57 atom stereocenters. The zero-order chi connectivity index (χ0) is 100. The van der Waals surface area contributed by atoms with Crippen molar-refractivity contribution in [2.45, 2.75) is 349 Å². The van der Waals surface area contributed by atoms with E-state index in [2.05, 4.69) is 0 Å². The standard InChI is InChI=1S/C30H52O26.C24H42O21.C18H32O16.4H2O/c31-1-7-12(34)17(39)21(43)26(51-7)48-3-9-13(35)18(40)22(44)27(52-9)49-4-10-14(36)19(41)23(45)28(53-10)50-5-11-15(37)20(42)24(46)29(54-11)56-30(6-33)25(47)16(38)8(2-32)55-30;25-1-6-10(28)14(32)17(35)21(41-6)39-3-8-11(29)15(33)18(36)22(42-8)40-4-9-12(30)16(34)19(37)23(43-9)45-24(5-27)20(38)13(31)7(2-26)44-24;19-1-5-8(22)11(25)13(27)16(31-5)30-3-7-9(23)12(26)14(28)17(32-7)34-18(4-21)15(29)10(24)6(2-20)33-18;;;;/h7-29,31-47H,1-6H2;6-23,25-38H,1-5H2;5-17,19-29H,1-4H2;4*1H2/t7-,8-,9-,10-,11-,12+,13+,14+,15-,16-,17+,18+,19+,20+,21-,22-,23-,24-,25+,26+,27+,28+,29-,30+;6-,7-,8-,9-,10+,11+,12-,13-,14+,15+,16+,17-,18-,19-,20+,21+,22+,23-,24+;5-,6-,7-,8+,9-,10-,11+,12+,13-,14-,15+,16+,17-,18+;;;;/m111..../s1. The van der Waals surface area contributed by atoms with Gasteiger partial charge >= 0.3 is 0 Å². The van der Waals surface area contributed by atoms with Crippen LogP contribution in [0.5, 0.6) is 0 Å². The fourth-order valence-corrected chi connectivity index (χ4v) is 16.2. The van der Waals surface area contributed by atoms with Gasteiger partial charge in [-0.25, -0.2) is 0 Å². The molecular weight excluding hydrogens is 1940 g/mol. The highest BCUT2D eigenvalue weighted by Gasteiger charge is 2.64. The summed E-state index contributed by atoms with van der Waals surface area (Å²) in [6, 6.07) is 0. The lowest BCUT2D eigenvalue weighted by atomic mass is 9.97. The summed E-state index contributed by atoms with van der Waals surface area (Å²) in [5.41, 5.74) is 0. The molecule has 12 saturated heterocycles. The van der Waals surface area contributed by atoms with Gasteiger partial charge in [0, 0.05) is 0 Å². The van der Waals surface area contributed by atoms with Crippen LogP contribution in [0, 0.1) is 0 Å². The zero-order valence-electron chi connectivity index (χ0n) is 72.6. The first kappa shape index (κ1) is 125. The Bertz CT molecular complexity index is 3480. The van der Waals surface area contributed by atoms with Crippen molar-refractivity contribution in [1.29, 1.82) is 0 Å². The van der Waals surface area contributed by atoms with Gasteiger partial charge < -0.3 is 336 Å². The van der Waals surface area contributed by atoms with Crippen LogP contribution >= 0.6 is 0 Å². The van der Waals surface area contributed by atoms with Crippen molar-refractivity contribution >= 4 is 0 Å². The van der Waals surface area contributed by atoms with Crippen LogP contribution in [0.4, 0.5) is 0 Å². The molecule has 0 aliphatic carbocycles. The lowest BCUT2D eigenvalue weighted by Gasteiger charge is -2.45. The first-order valence-electron chi connectivity index (χ1n) is 42.2. The van der Waals surface area contributed by atoms with E-state index in [0.717, 1.165) is 0 Å². The Morgan fingerprint density at radius 2 is 0.281 bits per heavy atom. The molecular formula is C72H134O67. The monoisotopic (exact) mass is 2070 g/mol. The Kier molecular flexibility index (Phi) is 48.2. The van der Waals surface area contributed by atoms with Gasteiger partial charge in [-0.2, -0.15) is 0 Å². The third-order valence-electron chi connectivity index (χ3n) is 24.8. The van der Waals surface area contributed by atoms with Gasteiger partial charge in [-0.15, -0.1) is 0 Å². The van der Waals surface area contributed by atoms with Gasteiger partial charge in [-0.05, 0) is 0 Å². The van der Waals surface area contributed by atoms with Crippen LogP contribution in [0.3, 0.4) is 0 Å². The maximum Gasteiger partial charge on any atom is 0.224 e. The van der Waals surface area contributed by atoms with E-state index in [4.69, 9.17) is 99.5 Å². The summed E-state index contributed by atoms with van der Waals surface area (Å²) in [6.07, 6.45) is -94.4. The molecule has 139 heavy (non-hydrogen) atoms. The van der Waals surface area contributed by atoms with Crippen molar-refractivity contribution in [3.8, 4) is 0 Å². The molecule has 12 rings (SSSR count). The normalized spacial score (nSPS) is 51.2. The molecule has 0 aromatic heterocycles. The molecule has 0 amide bonds. The molecule has 0 unspecified atom stereocenters. The van der Waals surface area contributed by atoms with Crippen molar-refractivity contribution < 1.29 is 336 Å². The quantitative estimate of drug-likeness (QED) is 0.0290. The molecule has 0 spiro atoms. The molecule has 67 heteroatoms. The SMILES string of the molecule is O.O.O.O.OC[C@H]1O[C@H](OC[C@H]2O[C@H](OC[C@H]3O[C@H](OC[C@H]4O[C@H](O[C@]5(CO)O[C@H](CO)[C@@H](O)[C@@H]5O)[C@H](O)[C@@H](O)[C@@H]4O)[C@H](O)[C@@H](O)[C@H]3O)[C@H](O)[C@@H](O)[C@H]2O)[C@H](O)[C@@H](O)[C@H]1O.OC[C@H]1O[C@H](OC[C@H]2O[C@H](OC[C@H]3O[C@H](O[C@]4(CO)O[C@H](CO)[C@@H](O)[C@@H]4O)[C@H](O)[C@@H](O)[C@@H]3O)[C@H](O)[C@@H](O)[C@H]2O)[C@H](O)[C@@H](O)[C@H]1O.OC[C@H]1O[C@H](OC[C@H]2O[C@H](O[C@]3(CO)O[C@H](CO)[C@@H](O)[C@@H]3O)[C@H](O)[C@@H](O)[C@@H]2O)[C@H](O)[C@@H](O)[C@H]1O. The number of hydrogen-bond donors (Lipinski definition) is 42. The van der Waals surface area contributed by atoms with Crippen molar-refractivity contribution in [1.82, 2.24) is 0 Å². The first-order chi connectivity index (χ1) is 63.6. The summed E-state index contributed by atoms with van der Waals surface area (Å²) in [4.78, 5) is 0. The number of aliphatic hydroxyl groups is 42. The van der Waals surface area contributed by atoms with E-state index < -0.39 is 448 Å². The van der Waals surface area contributed by atoms with Crippen molar-refractivity contribution in [2.75, 3.05) is 99.1 Å². The minimum absolute atomic E-state index is 0. The van der Waals surface area contributed by atoms with E-state index in [-0.39, 0.29) is 21.9 Å². The van der Waals surface area contributed by atoms with Crippen molar-refractivity contribution in [3.05, 3.63) is 0 Å². The van der Waals surface area contributed by atoms with E-state index in [1.54, 1.807) is 0 Å². The summed E-state index contributed by atoms with van der Waals surface area (Å²) in [6.45, 7) is -12.1. The van der Waals surface area contributed by atoms with E-state index in [9.17, 15) is 214 Å². The summed E-state index contributed by atoms with van der Waals surface area (Å²) < 4.78 is 113. The Morgan fingerprint density at radius 3 is 0.417 bits per heavy atom. The average molecular weight is 2070 g/mol. The Hall–Kier alpha value is -2.68. The van der Waals surface area contributed by atoms with E-state index in [1.807, 2.05) is 0 Å². The van der Waals surface area contributed by atoms with E-state index in [1.165, 1.54) is 0 Å². The lowest BCUT2D eigenvalue weighted by Crippen LogP contribution is -2.64. The third-order valence-corrected chi connectivity index (χ3v) is 24.8. The molecule has 67 nitrogen and oxygen atoms in total. The van der Waals surface area contributed by atoms with Crippen LogP contribution in [0.1, 0.15) is 0 Å². The zero-order valence-corrected chi connectivity index (χ0v) is 72.6. The summed E-state index contributed by atoms with van der Waals surface area (Å²) in [7, 11) is 0. The van der Waals surface area contributed by atoms with Gasteiger partial charge in [-0.3, -0.25) is 0 Å². The molecule has 0 aromatic rings. The summed E-state index contributed by atoms with van der Waals surface area (Å²) >= 11 is 0. The second-order valence-electron chi connectivity index (χ2n) is 33.8. The van der Waals surface area contributed by atoms with Gasteiger partial charge in [0.05, 0.1) is 79.3 Å². The van der Waals surface area contributed by atoms with Gasteiger partial charge in [0.1, 0.15) is 294 Å². The van der Waals surface area contributed by atoms with Crippen LogP contribution in [-0.4, -0.2) is 684 Å². The van der Waals surface area contributed by atoms with Crippen LogP contribution in [0.25, 0.3) is 0 Å². The van der Waals surface area contributed by atoms with E-state index >= 15 is 0 Å². The van der Waals surface area contributed by atoms with Crippen LogP contribution in [-0.2, 0) is 99.5 Å². The fourth-order valence-electron chi connectivity index (χ4n) is 16.2. The number of ether oxygens (including phenoxy) is 21. The molecule has 0 aromatic carbocycles. The second kappa shape index (κ2) is 53.7. The van der Waals surface area contributed by atoms with Gasteiger partial charge in [0.25, 0.3) is 0 Å². The average Bonchev–Trinajstić information content (AvgIpc) is 1.63. The molecule has 12 heterocycles. The minimum atomic E-state index is -2.47. The third kappa shape index (κ3) is 26.7. The van der Waals surface area contributed by atoms with Gasteiger partial charge in [-0.1, -0.05) is 0 Å². The van der Waals surface area contributed by atoms with Gasteiger partial charge in [0.2, 0.25) is 17.4 Å². The highest BCUT2D eigenvalue weighted by atomic mass is 16.9. The van der Waals surface area contributed by atoms with Gasteiger partial charge in [0.15, 0.2) is 56.6 Å². The summed E-state index contributed by atoms with van der Waals surface area (Å²) in [5, 5.41) is 425. The Labute approximate surface area is 781 Å². The maximum atomic E-state index is 10.6. The smallest absolute Gasteiger partial charge is 0.224 e. The maximum absolute atomic E-state index is 10.6. The molecule has 0 bridgehead atoms. The molecule has 12 aliphatic heterocycles. The van der Waals surface area contributed by atoms with Crippen LogP contribution in [0.2, 0.25) is 0 Å². The Balaban J connectivity index is 0.000000324. The molecule has 12 fully saturated rings. The molecule has 824 valence electrons. The predicted octanol–water partition coefficient (Wildman–Crippen LogP) is -32.5. The topological polar surface area (TPSA) is 1170 Å². The highest BCUT2D eigenvalue weighted by molar-refractivity contribution is 5.04. The minimum Gasteiger partial charge on any atom is -0.412 e. The largest absolute Gasteiger partial charge is 0.412 e. The molecule has 12 aliphatic rings. The number of rotatable bonds is 33. The van der Waals surface area contributed by atoms with Crippen LogP contribution < -0.4 is 0 Å². The second-order valence-corrected chi connectivity index (χ2v) is 33.8. The molecule has 50 N–H and O–H groups in total. The van der Waals surface area contributed by atoms with Crippen LogP contribution in [0.15, 0.2) is 0 Å². The predicted molar refractivity (Wildman–Crippen MR) is 416 cm³/mol. The lowest BCUT2D eigenvalue weighted by molar-refractivity contribution is -0.388. The fraction of sp³-hybridized carbons (Fsp3) is 1.00. The Morgan fingerprint density at radius 1 is 0.151 bits per heavy atom. The molecule has 0 radical (unpaired) electrons. The molecule has 0 saturated carbocycles. The number of hydrogen-bond acceptors (Lipinski definition) is 63.